The highest BCUT2D eigenvalue weighted by Crippen LogP contribution is 2.62. The Bertz CT molecular complexity index is 1510. The van der Waals surface area contributed by atoms with Gasteiger partial charge in [-0.3, -0.25) is 9.48 Å². The van der Waals surface area contributed by atoms with E-state index in [-0.39, 0.29) is 34.2 Å². The Labute approximate surface area is 231 Å². The molecule has 1 amide bonds. The van der Waals surface area contributed by atoms with Crippen LogP contribution in [0.3, 0.4) is 0 Å². The zero-order valence-corrected chi connectivity index (χ0v) is 24.1. The monoisotopic (exact) mass is 546 g/mol. The van der Waals surface area contributed by atoms with Gasteiger partial charge >= 0.3 is 0 Å². The number of benzene rings is 2. The molecule has 3 aromatic rings. The predicted molar refractivity (Wildman–Crippen MR) is 151 cm³/mol. The van der Waals surface area contributed by atoms with Crippen molar-refractivity contribution in [2.75, 3.05) is 6.54 Å². The number of hydrogen-bond acceptors (Lipinski definition) is 4. The number of nitrogens with zero attached hydrogens (tertiary/aromatic N) is 3. The summed E-state index contributed by atoms with van der Waals surface area (Å²) < 4.78 is 30.6. The van der Waals surface area contributed by atoms with Crippen LogP contribution in [-0.2, 0) is 29.5 Å². The SMILES string of the molecule is Cc1ccc(S(=O)(=O)N2CCc3c(c(C(=O)NC4C5(C)CCC(C5)C4(C)C)nn3Cc3ccccc3)C2)cc1. The highest BCUT2D eigenvalue weighted by molar-refractivity contribution is 7.89. The van der Waals surface area contributed by atoms with E-state index in [1.165, 1.54) is 10.7 Å². The molecule has 0 radical (unpaired) electrons. The van der Waals surface area contributed by atoms with Crippen molar-refractivity contribution in [1.29, 1.82) is 0 Å². The van der Waals surface area contributed by atoms with Crippen molar-refractivity contribution < 1.29 is 13.2 Å². The smallest absolute Gasteiger partial charge is 0.272 e. The molecule has 2 aromatic carbocycles. The summed E-state index contributed by atoms with van der Waals surface area (Å²) in [5, 5.41) is 8.24. The lowest BCUT2D eigenvalue weighted by Gasteiger charge is -2.43. The number of fused-ring (bicyclic) bond motifs is 3. The van der Waals surface area contributed by atoms with Gasteiger partial charge in [0.25, 0.3) is 5.91 Å². The molecule has 1 N–H and O–H groups in total. The van der Waals surface area contributed by atoms with E-state index >= 15 is 0 Å². The molecule has 0 saturated heterocycles. The molecule has 3 atom stereocenters. The van der Waals surface area contributed by atoms with Gasteiger partial charge in [-0.05, 0) is 60.6 Å². The van der Waals surface area contributed by atoms with Crippen molar-refractivity contribution in [2.24, 2.45) is 16.7 Å². The molecule has 2 bridgehead atoms. The normalized spacial score (nSPS) is 25.9. The predicted octanol–water partition coefficient (Wildman–Crippen LogP) is 4.93. The van der Waals surface area contributed by atoms with Gasteiger partial charge in [0, 0.05) is 36.8 Å². The number of carbonyl (C=O) groups is 1. The second-order valence-corrected chi connectivity index (χ2v) is 14.6. The van der Waals surface area contributed by atoms with Crippen molar-refractivity contribution in [1.82, 2.24) is 19.4 Å². The van der Waals surface area contributed by atoms with Crippen LogP contribution < -0.4 is 5.32 Å². The van der Waals surface area contributed by atoms with Gasteiger partial charge in [0.1, 0.15) is 0 Å². The number of nitrogens with one attached hydrogen (secondary N) is 1. The van der Waals surface area contributed by atoms with Crippen molar-refractivity contribution >= 4 is 15.9 Å². The van der Waals surface area contributed by atoms with Gasteiger partial charge in [0.2, 0.25) is 10.0 Å². The second-order valence-electron chi connectivity index (χ2n) is 12.6. The lowest BCUT2D eigenvalue weighted by Crippen LogP contribution is -2.52. The summed E-state index contributed by atoms with van der Waals surface area (Å²) in [6.07, 6.45) is 3.97. The van der Waals surface area contributed by atoms with Gasteiger partial charge in [0.15, 0.2) is 5.69 Å². The molecule has 206 valence electrons. The van der Waals surface area contributed by atoms with E-state index in [1.807, 2.05) is 54.1 Å². The minimum absolute atomic E-state index is 0.0101. The van der Waals surface area contributed by atoms with Crippen molar-refractivity contribution in [3.63, 3.8) is 0 Å². The van der Waals surface area contributed by atoms with Crippen LogP contribution in [0.4, 0.5) is 0 Å². The molecule has 6 rings (SSSR count). The molecule has 3 aliphatic rings. The molecule has 3 unspecified atom stereocenters. The third kappa shape index (κ3) is 4.42. The van der Waals surface area contributed by atoms with Gasteiger partial charge in [-0.25, -0.2) is 8.42 Å². The first-order valence-electron chi connectivity index (χ1n) is 14.0. The van der Waals surface area contributed by atoms with E-state index in [9.17, 15) is 13.2 Å². The Morgan fingerprint density at radius 2 is 1.79 bits per heavy atom. The number of sulfonamides is 1. The number of hydrogen-bond donors (Lipinski definition) is 1. The minimum atomic E-state index is -3.71. The summed E-state index contributed by atoms with van der Waals surface area (Å²) in [4.78, 5) is 14.2. The van der Waals surface area contributed by atoms with Crippen LogP contribution in [0.5, 0.6) is 0 Å². The summed E-state index contributed by atoms with van der Waals surface area (Å²) >= 11 is 0. The van der Waals surface area contributed by atoms with E-state index in [1.54, 1.807) is 12.1 Å². The first-order valence-corrected chi connectivity index (χ1v) is 15.4. The molecule has 7 nitrogen and oxygen atoms in total. The fourth-order valence-electron chi connectivity index (χ4n) is 7.46. The molecule has 2 saturated carbocycles. The maximum absolute atomic E-state index is 14.0. The number of amides is 1. The Kier molecular flexibility index (Phi) is 6.27. The molecule has 0 spiro atoms. The number of aryl methyl sites for hydroxylation is 1. The summed E-state index contributed by atoms with van der Waals surface area (Å²) in [7, 11) is -3.71. The van der Waals surface area contributed by atoms with Gasteiger partial charge in [-0.15, -0.1) is 0 Å². The standard InChI is InChI=1S/C31H38N4O3S/c1-21-10-12-24(13-11-21)39(37,38)34-17-15-26-25(20-34)27(33-35(26)19-22-8-6-5-7-9-22)28(36)32-29-30(2,3)23-14-16-31(29,4)18-23/h5-13,23,29H,14-20H2,1-4H3,(H,32,36). The number of aromatic nitrogens is 2. The largest absolute Gasteiger partial charge is 0.347 e. The first-order chi connectivity index (χ1) is 18.5. The van der Waals surface area contributed by atoms with Crippen LogP contribution in [0, 0.1) is 23.7 Å². The van der Waals surface area contributed by atoms with Crippen LogP contribution in [0.2, 0.25) is 0 Å². The van der Waals surface area contributed by atoms with E-state index < -0.39 is 10.0 Å². The average Bonchev–Trinajstić information content (AvgIpc) is 3.54. The fourth-order valence-corrected chi connectivity index (χ4v) is 8.87. The summed E-state index contributed by atoms with van der Waals surface area (Å²) in [6.45, 7) is 9.80. The highest BCUT2D eigenvalue weighted by atomic mass is 32.2. The van der Waals surface area contributed by atoms with E-state index in [4.69, 9.17) is 5.10 Å². The molecule has 2 aliphatic carbocycles. The number of carbonyl (C=O) groups excluding carboxylic acids is 1. The van der Waals surface area contributed by atoms with Crippen LogP contribution in [0.25, 0.3) is 0 Å². The van der Waals surface area contributed by atoms with E-state index in [0.29, 0.717) is 31.1 Å². The molecular formula is C31H38N4O3S. The maximum Gasteiger partial charge on any atom is 0.272 e. The summed E-state index contributed by atoms with van der Waals surface area (Å²) in [5.74, 6) is 0.409. The lowest BCUT2D eigenvalue weighted by atomic mass is 9.68. The maximum atomic E-state index is 14.0. The van der Waals surface area contributed by atoms with E-state index in [0.717, 1.165) is 35.2 Å². The second kappa shape index (κ2) is 9.30. The van der Waals surface area contributed by atoms with Gasteiger partial charge in [-0.2, -0.15) is 9.40 Å². The van der Waals surface area contributed by atoms with Crippen LogP contribution in [-0.4, -0.2) is 41.0 Å². The van der Waals surface area contributed by atoms with E-state index in [2.05, 4.69) is 26.1 Å². The average molecular weight is 547 g/mol. The Hall–Kier alpha value is -2.97. The topological polar surface area (TPSA) is 84.3 Å². The van der Waals surface area contributed by atoms with Crippen molar-refractivity contribution in [2.45, 2.75) is 77.4 Å². The molecule has 1 aliphatic heterocycles. The zero-order chi connectivity index (χ0) is 27.6. The highest BCUT2D eigenvalue weighted by Gasteiger charge is 2.59. The van der Waals surface area contributed by atoms with Gasteiger partial charge in [-0.1, -0.05) is 68.8 Å². The zero-order valence-electron chi connectivity index (χ0n) is 23.3. The molecule has 39 heavy (non-hydrogen) atoms. The van der Waals surface area contributed by atoms with Crippen molar-refractivity contribution in [3.05, 3.63) is 82.7 Å². The Morgan fingerprint density at radius 1 is 1.08 bits per heavy atom. The molecule has 8 heteroatoms. The van der Waals surface area contributed by atoms with Crippen LogP contribution in [0.15, 0.2) is 59.5 Å². The fraction of sp³-hybridized carbons (Fsp3) is 0.484. The third-order valence-electron chi connectivity index (χ3n) is 9.69. The van der Waals surface area contributed by atoms with Gasteiger partial charge < -0.3 is 5.32 Å². The molecular weight excluding hydrogens is 508 g/mol. The first kappa shape index (κ1) is 26.3. The van der Waals surface area contributed by atoms with Crippen LogP contribution in [0.1, 0.15) is 72.9 Å². The summed E-state index contributed by atoms with van der Waals surface area (Å²) in [6, 6.07) is 17.1. The lowest BCUT2D eigenvalue weighted by molar-refractivity contribution is 0.0731. The Balaban J connectivity index is 1.35. The van der Waals surface area contributed by atoms with Crippen molar-refractivity contribution in [3.8, 4) is 0 Å². The minimum Gasteiger partial charge on any atom is -0.347 e. The molecule has 1 aromatic heterocycles. The molecule has 2 heterocycles. The molecule has 2 fully saturated rings. The van der Waals surface area contributed by atoms with Gasteiger partial charge in [0.05, 0.1) is 11.4 Å². The van der Waals surface area contributed by atoms with Crippen LogP contribution >= 0.6 is 0 Å². The number of rotatable bonds is 6. The Morgan fingerprint density at radius 3 is 2.46 bits per heavy atom. The summed E-state index contributed by atoms with van der Waals surface area (Å²) in [5.41, 5.74) is 4.20. The third-order valence-corrected chi connectivity index (χ3v) is 11.6. The quantitative estimate of drug-likeness (QED) is 0.475.